The standard InChI is InChI=1S/C27H30F6N4O4/c1-14(2)36-13-34-20-10-18(9-19(22(20)36)26(28,29)30)39-11-17-8-16(23-35-21(12-40-23)27(31,32)33)7-15(3)37(17)24(38)41-25(4,5)6/h7,9-10,12-15,17H,8,11H2,1-6H3/t15-,17-/m0/s1. The predicted molar refractivity (Wildman–Crippen MR) is 136 cm³/mol. The molecule has 0 saturated carbocycles. The third-order valence-electron chi connectivity index (χ3n) is 6.35. The zero-order valence-corrected chi connectivity index (χ0v) is 23.2. The van der Waals surface area contributed by atoms with E-state index in [1.165, 1.54) is 27.9 Å². The third-order valence-corrected chi connectivity index (χ3v) is 6.35. The maximum atomic E-state index is 14.0. The van der Waals surface area contributed by atoms with Gasteiger partial charge >= 0.3 is 18.4 Å². The van der Waals surface area contributed by atoms with Gasteiger partial charge in [-0.05, 0) is 47.6 Å². The number of hydrogen-bond acceptors (Lipinski definition) is 6. The molecule has 224 valence electrons. The van der Waals surface area contributed by atoms with Crippen LogP contribution in [0.5, 0.6) is 5.75 Å². The molecule has 0 aliphatic carbocycles. The van der Waals surface area contributed by atoms with Crippen molar-refractivity contribution < 1.29 is 45.0 Å². The topological polar surface area (TPSA) is 82.6 Å². The number of imidazole rings is 1. The van der Waals surface area contributed by atoms with Crippen LogP contribution in [0.15, 0.2) is 35.2 Å². The van der Waals surface area contributed by atoms with Crippen molar-refractivity contribution in [1.82, 2.24) is 19.4 Å². The second-order valence-corrected chi connectivity index (χ2v) is 11.1. The van der Waals surface area contributed by atoms with Crippen LogP contribution < -0.4 is 4.74 Å². The number of oxazole rings is 1. The van der Waals surface area contributed by atoms with Crippen molar-refractivity contribution in [2.75, 3.05) is 6.61 Å². The number of fused-ring (bicyclic) bond motifs is 1. The Morgan fingerprint density at radius 1 is 1.12 bits per heavy atom. The van der Waals surface area contributed by atoms with Crippen LogP contribution in [0.1, 0.15) is 71.2 Å². The summed E-state index contributed by atoms with van der Waals surface area (Å²) in [6.45, 7) is 9.79. The molecule has 14 heteroatoms. The molecule has 0 fully saturated rings. The zero-order chi connectivity index (χ0) is 30.5. The number of nitrogens with zero attached hydrogens (tertiary/aromatic N) is 4. The Labute approximate surface area is 231 Å². The molecule has 0 bridgehead atoms. The summed E-state index contributed by atoms with van der Waals surface area (Å²) in [7, 11) is 0. The van der Waals surface area contributed by atoms with Gasteiger partial charge in [0, 0.05) is 24.1 Å². The van der Waals surface area contributed by atoms with E-state index in [1.54, 1.807) is 41.5 Å². The average molecular weight is 589 g/mol. The second-order valence-electron chi connectivity index (χ2n) is 11.1. The number of aromatic nitrogens is 3. The SMILES string of the molecule is CC(C)n1cnc2cc(OC[C@@H]3CC(c4nc(C(F)(F)F)co4)=C[C@H](C)N3C(=O)OC(C)(C)C)cc(C(F)(F)F)c21. The summed E-state index contributed by atoms with van der Waals surface area (Å²) in [5.41, 5.74) is -2.74. The smallest absolute Gasteiger partial charge is 0.436 e. The monoisotopic (exact) mass is 588 g/mol. The third kappa shape index (κ3) is 6.62. The summed E-state index contributed by atoms with van der Waals surface area (Å²) in [6, 6.07) is 0.413. The number of halogens is 6. The molecule has 2 atom stereocenters. The van der Waals surface area contributed by atoms with Gasteiger partial charge in [0.15, 0.2) is 5.69 Å². The first-order valence-electron chi connectivity index (χ1n) is 12.8. The lowest BCUT2D eigenvalue weighted by molar-refractivity contribution is -0.141. The van der Waals surface area contributed by atoms with Gasteiger partial charge in [-0.15, -0.1) is 0 Å². The molecule has 0 spiro atoms. The number of carbonyl (C=O) groups excluding carboxylic acids is 1. The number of alkyl halides is 6. The second kappa shape index (κ2) is 10.6. The number of rotatable bonds is 5. The largest absolute Gasteiger partial charge is 0.491 e. The van der Waals surface area contributed by atoms with E-state index < -0.39 is 47.4 Å². The minimum atomic E-state index is -4.72. The van der Waals surface area contributed by atoms with Crippen molar-refractivity contribution in [2.45, 2.75) is 84.0 Å². The maximum Gasteiger partial charge on any atom is 0.436 e. The van der Waals surface area contributed by atoms with Gasteiger partial charge in [-0.25, -0.2) is 14.8 Å². The van der Waals surface area contributed by atoms with Crippen molar-refractivity contribution >= 4 is 22.7 Å². The summed E-state index contributed by atoms with van der Waals surface area (Å²) in [4.78, 5) is 22.1. The van der Waals surface area contributed by atoms with Crippen molar-refractivity contribution in [2.24, 2.45) is 0 Å². The Kier molecular flexibility index (Phi) is 7.82. The highest BCUT2D eigenvalue weighted by Gasteiger charge is 2.40. The van der Waals surface area contributed by atoms with Crippen LogP contribution in [-0.4, -0.2) is 49.8 Å². The number of carbonyl (C=O) groups is 1. The molecule has 0 saturated heterocycles. The van der Waals surface area contributed by atoms with E-state index in [-0.39, 0.29) is 47.3 Å². The van der Waals surface area contributed by atoms with Crippen LogP contribution in [-0.2, 0) is 17.1 Å². The molecule has 0 radical (unpaired) electrons. The average Bonchev–Trinajstić information content (AvgIpc) is 3.47. The molecule has 0 unspecified atom stereocenters. The normalized spacial score (nSPS) is 18.7. The molecule has 41 heavy (non-hydrogen) atoms. The minimum Gasteiger partial charge on any atom is -0.491 e. The van der Waals surface area contributed by atoms with Crippen LogP contribution in [0, 0.1) is 0 Å². The predicted octanol–water partition coefficient (Wildman–Crippen LogP) is 7.50. The highest BCUT2D eigenvalue weighted by atomic mass is 19.4. The highest BCUT2D eigenvalue weighted by molar-refractivity contribution is 5.82. The molecule has 3 aromatic rings. The lowest BCUT2D eigenvalue weighted by atomic mass is 9.96. The molecule has 1 aliphatic rings. The molecule has 3 heterocycles. The fourth-order valence-corrected chi connectivity index (χ4v) is 4.63. The van der Waals surface area contributed by atoms with Crippen molar-refractivity contribution in [3.63, 3.8) is 0 Å². The quantitative estimate of drug-likeness (QED) is 0.287. The Morgan fingerprint density at radius 3 is 2.37 bits per heavy atom. The molecular formula is C27H30F6N4O4. The molecule has 8 nitrogen and oxygen atoms in total. The Morgan fingerprint density at radius 2 is 1.80 bits per heavy atom. The summed E-state index contributed by atoms with van der Waals surface area (Å²) in [5.74, 6) is -0.416. The van der Waals surface area contributed by atoms with Gasteiger partial charge in [-0.2, -0.15) is 26.3 Å². The first kappa shape index (κ1) is 30.3. The molecule has 4 rings (SSSR count). The molecule has 1 aliphatic heterocycles. The maximum absolute atomic E-state index is 14.0. The number of hydrogen-bond donors (Lipinski definition) is 0. The Bertz CT molecular complexity index is 1450. The number of benzene rings is 1. The lowest BCUT2D eigenvalue weighted by Gasteiger charge is -2.39. The lowest BCUT2D eigenvalue weighted by Crippen LogP contribution is -2.51. The fourth-order valence-electron chi connectivity index (χ4n) is 4.63. The van der Waals surface area contributed by atoms with Gasteiger partial charge in [0.05, 0.1) is 35.0 Å². The summed E-state index contributed by atoms with van der Waals surface area (Å²) >= 11 is 0. The van der Waals surface area contributed by atoms with Crippen LogP contribution >= 0.6 is 0 Å². The van der Waals surface area contributed by atoms with Crippen LogP contribution in [0.25, 0.3) is 16.6 Å². The van der Waals surface area contributed by atoms with E-state index in [0.717, 1.165) is 6.07 Å². The summed E-state index contributed by atoms with van der Waals surface area (Å²) < 4.78 is 99.3. The van der Waals surface area contributed by atoms with Crippen LogP contribution in [0.2, 0.25) is 0 Å². The van der Waals surface area contributed by atoms with E-state index in [2.05, 4.69) is 9.97 Å². The van der Waals surface area contributed by atoms with Gasteiger partial charge in [0.1, 0.15) is 24.2 Å². The minimum absolute atomic E-state index is 0.0578. The van der Waals surface area contributed by atoms with Gasteiger partial charge in [-0.3, -0.25) is 4.90 Å². The zero-order valence-electron chi connectivity index (χ0n) is 23.2. The summed E-state index contributed by atoms with van der Waals surface area (Å²) in [6.07, 6.45) is -6.86. The Balaban J connectivity index is 1.68. The molecule has 1 aromatic carbocycles. The van der Waals surface area contributed by atoms with Gasteiger partial charge in [0.25, 0.3) is 0 Å². The molecule has 0 N–H and O–H groups in total. The van der Waals surface area contributed by atoms with Crippen LogP contribution in [0.3, 0.4) is 0 Å². The molecular weight excluding hydrogens is 558 g/mol. The number of ether oxygens (including phenoxy) is 2. The first-order chi connectivity index (χ1) is 18.8. The Hall–Kier alpha value is -3.71. The van der Waals surface area contributed by atoms with E-state index >= 15 is 0 Å². The van der Waals surface area contributed by atoms with Crippen molar-refractivity contribution in [1.29, 1.82) is 0 Å². The van der Waals surface area contributed by atoms with E-state index in [9.17, 15) is 31.1 Å². The van der Waals surface area contributed by atoms with E-state index in [0.29, 0.717) is 6.26 Å². The van der Waals surface area contributed by atoms with Gasteiger partial charge in [-0.1, -0.05) is 6.08 Å². The van der Waals surface area contributed by atoms with Crippen molar-refractivity contribution in [3.05, 3.63) is 47.9 Å². The first-order valence-corrected chi connectivity index (χ1v) is 12.8. The van der Waals surface area contributed by atoms with Gasteiger partial charge in [0.2, 0.25) is 5.89 Å². The molecule has 2 aromatic heterocycles. The van der Waals surface area contributed by atoms with Crippen LogP contribution in [0.4, 0.5) is 31.1 Å². The fraction of sp³-hybridized carbons (Fsp3) is 0.519. The summed E-state index contributed by atoms with van der Waals surface area (Å²) in [5, 5.41) is 0. The van der Waals surface area contributed by atoms with E-state index in [4.69, 9.17) is 13.9 Å². The highest BCUT2D eigenvalue weighted by Crippen LogP contribution is 2.39. The van der Waals surface area contributed by atoms with Crippen molar-refractivity contribution in [3.8, 4) is 5.75 Å². The van der Waals surface area contributed by atoms with Gasteiger partial charge < -0.3 is 18.5 Å². The van der Waals surface area contributed by atoms with E-state index in [1.807, 2.05) is 0 Å². The molecule has 1 amide bonds. The number of amides is 1.